The summed E-state index contributed by atoms with van der Waals surface area (Å²) in [6.45, 7) is 11.9. The van der Waals surface area contributed by atoms with E-state index in [1.165, 1.54) is 6.08 Å². The van der Waals surface area contributed by atoms with E-state index in [0.29, 0.717) is 6.42 Å². The number of allylic oxidation sites excluding steroid dienone is 3. The van der Waals surface area contributed by atoms with Crippen molar-refractivity contribution >= 4 is 11.7 Å². The minimum absolute atomic E-state index is 0.0799. The molecule has 0 amide bonds. The average Bonchev–Trinajstić information content (AvgIpc) is 2.50. The van der Waals surface area contributed by atoms with Crippen molar-refractivity contribution in [2.24, 2.45) is 10.4 Å². The molecule has 1 unspecified atom stereocenters. The second kappa shape index (κ2) is 6.42. The Bertz CT molecular complexity index is 522. The summed E-state index contributed by atoms with van der Waals surface area (Å²) in [6, 6.07) is -0.289. The molecule has 116 valence electrons. The van der Waals surface area contributed by atoms with Crippen LogP contribution in [0.25, 0.3) is 0 Å². The van der Waals surface area contributed by atoms with Crippen molar-refractivity contribution in [1.29, 1.82) is 0 Å². The van der Waals surface area contributed by atoms with Gasteiger partial charge in [-0.1, -0.05) is 26.8 Å². The van der Waals surface area contributed by atoms with Gasteiger partial charge >= 0.3 is 0 Å². The van der Waals surface area contributed by atoms with Crippen molar-refractivity contribution in [3.63, 3.8) is 0 Å². The smallest absolute Gasteiger partial charge is 0.219 e. The van der Waals surface area contributed by atoms with Gasteiger partial charge in [-0.05, 0) is 38.6 Å². The van der Waals surface area contributed by atoms with E-state index in [9.17, 15) is 9.90 Å². The van der Waals surface area contributed by atoms with Gasteiger partial charge in [0.25, 0.3) is 0 Å². The molecule has 0 aromatic heterocycles. The highest BCUT2D eigenvalue weighted by Crippen LogP contribution is 2.22. The van der Waals surface area contributed by atoms with E-state index >= 15 is 0 Å². The quantitative estimate of drug-likeness (QED) is 0.835. The molecule has 4 heteroatoms. The number of carbonyl (C=O) groups excluding carboxylic acids is 1. The molecule has 0 bridgehead atoms. The largest absolute Gasteiger partial charge is 0.493 e. The molecule has 1 rings (SSSR count). The average molecular weight is 290 g/mol. The molecule has 0 saturated carbocycles. The predicted octanol–water partition coefficient (Wildman–Crippen LogP) is 3.31. The number of aliphatic hydroxyl groups is 1. The first-order chi connectivity index (χ1) is 9.49. The maximum atomic E-state index is 12.7. The SMILES string of the molecule is CC(C)(C)NC(CC1=CC=C(O)N=C=C1)C(=O)C(C)(C)C. The Hall–Kier alpha value is -1.64. The first-order valence-corrected chi connectivity index (χ1v) is 7.20. The first-order valence-electron chi connectivity index (χ1n) is 7.20. The molecule has 0 spiro atoms. The number of nitrogens with zero attached hydrogens (tertiary/aromatic N) is 1. The third-order valence-electron chi connectivity index (χ3n) is 2.98. The summed E-state index contributed by atoms with van der Waals surface area (Å²) < 4.78 is 0. The number of rotatable bonds is 4. The summed E-state index contributed by atoms with van der Waals surface area (Å²) in [5.41, 5.74) is 0.332. The molecule has 0 aromatic carbocycles. The van der Waals surface area contributed by atoms with Crippen LogP contribution in [0, 0.1) is 5.41 Å². The Balaban J connectivity index is 2.99. The Kier molecular flexibility index (Phi) is 5.32. The molecule has 1 aliphatic heterocycles. The van der Waals surface area contributed by atoms with E-state index in [0.717, 1.165) is 5.57 Å². The standard InChI is InChI=1S/C17H26N2O2/c1-16(2,3)15(21)13(19-17(4,5)6)11-12-7-8-14(20)18-10-9-12/h7-9,13,19-20H,11H2,1-6H3. The van der Waals surface area contributed by atoms with Crippen LogP contribution in [0.15, 0.2) is 34.7 Å². The summed E-state index contributed by atoms with van der Waals surface area (Å²) in [5, 5.41) is 12.7. The fourth-order valence-electron chi connectivity index (χ4n) is 2.07. The second-order valence-corrected chi connectivity index (χ2v) is 7.42. The maximum absolute atomic E-state index is 12.7. The fraction of sp³-hybridized carbons (Fsp3) is 0.588. The minimum atomic E-state index is -0.413. The van der Waals surface area contributed by atoms with Gasteiger partial charge in [-0.25, -0.2) is 0 Å². The van der Waals surface area contributed by atoms with Crippen molar-refractivity contribution in [3.05, 3.63) is 29.7 Å². The zero-order valence-electron chi connectivity index (χ0n) is 13.8. The van der Waals surface area contributed by atoms with E-state index < -0.39 is 5.41 Å². The first kappa shape index (κ1) is 17.4. The van der Waals surface area contributed by atoms with Crippen LogP contribution in [0.1, 0.15) is 48.0 Å². The lowest BCUT2D eigenvalue weighted by molar-refractivity contribution is -0.128. The summed E-state index contributed by atoms with van der Waals surface area (Å²) >= 11 is 0. The molecule has 0 radical (unpaired) electrons. The lowest BCUT2D eigenvalue weighted by atomic mass is 9.83. The van der Waals surface area contributed by atoms with Crippen LogP contribution in [0.2, 0.25) is 0 Å². The molecule has 1 heterocycles. The Morgan fingerprint density at radius 3 is 2.43 bits per heavy atom. The van der Waals surface area contributed by atoms with Gasteiger partial charge in [-0.15, -0.1) is 0 Å². The van der Waals surface area contributed by atoms with E-state index in [-0.39, 0.29) is 23.2 Å². The van der Waals surface area contributed by atoms with E-state index in [1.807, 2.05) is 41.5 Å². The molecule has 0 saturated heterocycles. The highest BCUT2D eigenvalue weighted by Gasteiger charge is 2.32. The third-order valence-corrected chi connectivity index (χ3v) is 2.98. The molecular formula is C17H26N2O2. The topological polar surface area (TPSA) is 61.7 Å². The van der Waals surface area contributed by atoms with Crippen LogP contribution in [0.3, 0.4) is 0 Å². The summed E-state index contributed by atoms with van der Waals surface area (Å²) in [4.78, 5) is 16.4. The number of carbonyl (C=O) groups is 1. The number of aliphatic imine (C=N–C) groups is 1. The lowest BCUT2D eigenvalue weighted by Gasteiger charge is -2.32. The molecule has 1 atom stereocenters. The Morgan fingerprint density at radius 2 is 1.90 bits per heavy atom. The van der Waals surface area contributed by atoms with Crippen molar-refractivity contribution < 1.29 is 9.90 Å². The van der Waals surface area contributed by atoms with Gasteiger partial charge in [0.15, 0.2) is 5.78 Å². The molecule has 1 aliphatic rings. The van der Waals surface area contributed by atoms with E-state index in [4.69, 9.17) is 0 Å². The number of hydrogen-bond acceptors (Lipinski definition) is 4. The van der Waals surface area contributed by atoms with Crippen LogP contribution >= 0.6 is 0 Å². The van der Waals surface area contributed by atoms with Crippen molar-refractivity contribution in [3.8, 4) is 0 Å². The third kappa shape index (κ3) is 6.11. The highest BCUT2D eigenvalue weighted by molar-refractivity contribution is 5.89. The highest BCUT2D eigenvalue weighted by atomic mass is 16.3. The molecule has 0 aliphatic carbocycles. The van der Waals surface area contributed by atoms with Gasteiger partial charge in [0.05, 0.1) is 6.04 Å². The summed E-state index contributed by atoms with van der Waals surface area (Å²) in [6.07, 6.45) is 5.53. The number of nitrogens with one attached hydrogen (secondary N) is 1. The molecule has 2 N–H and O–H groups in total. The maximum Gasteiger partial charge on any atom is 0.219 e. The van der Waals surface area contributed by atoms with E-state index in [1.54, 1.807) is 12.2 Å². The molecule has 0 aromatic rings. The predicted molar refractivity (Wildman–Crippen MR) is 86.6 cm³/mol. The van der Waals surface area contributed by atoms with Gasteiger partial charge in [-0.2, -0.15) is 4.99 Å². The van der Waals surface area contributed by atoms with Crippen LogP contribution in [0.4, 0.5) is 0 Å². The van der Waals surface area contributed by atoms with Crippen molar-refractivity contribution in [2.75, 3.05) is 0 Å². The van der Waals surface area contributed by atoms with Crippen molar-refractivity contribution in [2.45, 2.75) is 59.5 Å². The zero-order valence-corrected chi connectivity index (χ0v) is 13.8. The van der Waals surface area contributed by atoms with Gasteiger partial charge in [0.1, 0.15) is 0 Å². The fourth-order valence-corrected chi connectivity index (χ4v) is 2.07. The monoisotopic (exact) mass is 290 g/mol. The molecule has 0 fully saturated rings. The summed E-state index contributed by atoms with van der Waals surface area (Å²) in [5.74, 6) is 2.76. The van der Waals surface area contributed by atoms with Crippen LogP contribution in [-0.4, -0.2) is 28.3 Å². The van der Waals surface area contributed by atoms with Gasteiger partial charge in [-0.3, -0.25) is 4.79 Å². The van der Waals surface area contributed by atoms with Crippen molar-refractivity contribution in [1.82, 2.24) is 5.32 Å². The van der Waals surface area contributed by atoms with Crippen LogP contribution < -0.4 is 5.32 Å². The van der Waals surface area contributed by atoms with E-state index in [2.05, 4.69) is 16.2 Å². The zero-order chi connectivity index (χ0) is 16.3. The number of Topliss-reactive ketones (excluding diaryl/α,β-unsaturated/α-hetero) is 1. The Labute approximate surface area is 127 Å². The molecule has 4 nitrogen and oxygen atoms in total. The summed E-state index contributed by atoms with van der Waals surface area (Å²) in [7, 11) is 0. The van der Waals surface area contributed by atoms with Gasteiger partial charge in [0.2, 0.25) is 5.88 Å². The van der Waals surface area contributed by atoms with Crippen LogP contribution in [-0.2, 0) is 4.79 Å². The molecule has 21 heavy (non-hydrogen) atoms. The number of hydrogen-bond donors (Lipinski definition) is 2. The van der Waals surface area contributed by atoms with Gasteiger partial charge < -0.3 is 10.4 Å². The number of aliphatic hydroxyl groups excluding tert-OH is 1. The van der Waals surface area contributed by atoms with Crippen LogP contribution in [0.5, 0.6) is 0 Å². The second-order valence-electron chi connectivity index (χ2n) is 7.42. The number of ketones is 1. The Morgan fingerprint density at radius 1 is 1.29 bits per heavy atom. The lowest BCUT2D eigenvalue weighted by Crippen LogP contribution is -2.50. The normalized spacial score (nSPS) is 17.0. The molecular weight excluding hydrogens is 264 g/mol. The minimum Gasteiger partial charge on any atom is -0.493 e. The van der Waals surface area contributed by atoms with Gasteiger partial charge in [0, 0.05) is 23.1 Å².